The molecule has 1 aliphatic heterocycles. The lowest BCUT2D eigenvalue weighted by Gasteiger charge is -2.37. The Balaban J connectivity index is 1.52. The molecule has 1 fully saturated rings. The van der Waals surface area contributed by atoms with Crippen LogP contribution in [0.5, 0.6) is 0 Å². The molecule has 0 bridgehead atoms. The predicted molar refractivity (Wildman–Crippen MR) is 168 cm³/mol. The number of anilines is 1. The Bertz CT molecular complexity index is 1570. The average Bonchev–Trinajstić information content (AvgIpc) is 3.46. The molecule has 3 aromatic heterocycles. The molecule has 4 rings (SSSR count). The molecule has 0 aliphatic carbocycles. The molecule has 0 spiro atoms. The number of carbonyl (C=O) groups is 2. The summed E-state index contributed by atoms with van der Waals surface area (Å²) in [6, 6.07) is 3.09. The number of aryl methyl sites for hydroxylation is 2. The van der Waals surface area contributed by atoms with Gasteiger partial charge in [0.15, 0.2) is 5.96 Å². The van der Waals surface area contributed by atoms with Gasteiger partial charge in [-0.05, 0) is 49.0 Å². The number of hydrogen-bond acceptors (Lipinski definition) is 9. The minimum atomic E-state index is -1.17. The van der Waals surface area contributed by atoms with E-state index in [0.29, 0.717) is 62.9 Å². The van der Waals surface area contributed by atoms with Crippen LogP contribution in [0.2, 0.25) is 0 Å². The number of fused-ring (bicyclic) bond motifs is 1. The molecule has 1 saturated heterocycles. The van der Waals surface area contributed by atoms with Crippen LogP contribution in [0.1, 0.15) is 54.4 Å². The first-order valence-corrected chi connectivity index (χ1v) is 15.2. The second kappa shape index (κ2) is 14.2. The molecular formula is C29H39N9O4S. The maximum Gasteiger partial charge on any atom is 0.328 e. The van der Waals surface area contributed by atoms with Gasteiger partial charge in [0.25, 0.3) is 5.56 Å². The summed E-state index contributed by atoms with van der Waals surface area (Å²) in [5.41, 5.74) is 19.2. The molecule has 7 N–H and O–H groups in total. The second-order valence-electron chi connectivity index (χ2n) is 10.8. The minimum absolute atomic E-state index is 0.00243. The van der Waals surface area contributed by atoms with Gasteiger partial charge in [-0.1, -0.05) is 13.8 Å². The summed E-state index contributed by atoms with van der Waals surface area (Å²) in [4.78, 5) is 54.8. The molecule has 13 nitrogen and oxygen atoms in total. The summed E-state index contributed by atoms with van der Waals surface area (Å²) in [5, 5.41) is 12.4. The number of thiazole rings is 1. The molecule has 4 heterocycles. The van der Waals surface area contributed by atoms with E-state index in [4.69, 9.17) is 27.2 Å². The summed E-state index contributed by atoms with van der Waals surface area (Å²) in [7, 11) is 0. The molecular weight excluding hydrogens is 570 g/mol. The average molecular weight is 610 g/mol. The Morgan fingerprint density at radius 3 is 2.56 bits per heavy atom. The standard InChI is InChI=1S/C29H39N9O4S/c1-18(2)22-17-43-24(34-22)7-5-19-9-11-38-23(16-19)35-26(20(27(38)41)6-8-25(39)40)36-12-14-37(15-13-36)28(42)21(30)4-3-10-33-29(31)32/h6,8-9,11,16-18,21H,3-5,7,10,12-15,30H2,1-2H3,(H,39,40)(H4,31,32,33)/b8-6+/t21-/m0/s1. The van der Waals surface area contributed by atoms with Crippen molar-refractivity contribution in [3.8, 4) is 0 Å². The van der Waals surface area contributed by atoms with Gasteiger partial charge in [0.05, 0.1) is 22.3 Å². The lowest BCUT2D eigenvalue weighted by atomic mass is 10.1. The van der Waals surface area contributed by atoms with Gasteiger partial charge in [-0.2, -0.15) is 0 Å². The third-order valence-corrected chi connectivity index (χ3v) is 8.19. The molecule has 14 heteroatoms. The molecule has 230 valence electrons. The van der Waals surface area contributed by atoms with Crippen molar-refractivity contribution < 1.29 is 14.7 Å². The first-order valence-electron chi connectivity index (χ1n) is 14.3. The fourth-order valence-corrected chi connectivity index (χ4v) is 5.81. The number of carboxylic acids is 1. The quantitative estimate of drug-likeness (QED) is 0.100. The number of guanidine groups is 1. The SMILES string of the molecule is CC(C)c1csc(CCc2ccn3c(=O)c(/C=C/C(=O)O)c(N4CCN(C(=O)[C@@H](N)CCCN=C(N)N)CC4)nc3c2)n1. The van der Waals surface area contributed by atoms with Gasteiger partial charge in [-0.25, -0.2) is 14.8 Å². The third-order valence-electron chi connectivity index (χ3n) is 7.27. The van der Waals surface area contributed by atoms with E-state index in [-0.39, 0.29) is 23.0 Å². The monoisotopic (exact) mass is 609 g/mol. The number of aromatic nitrogens is 3. The smallest absolute Gasteiger partial charge is 0.328 e. The number of nitrogens with zero attached hydrogens (tertiary/aromatic N) is 6. The van der Waals surface area contributed by atoms with Gasteiger partial charge in [0.2, 0.25) is 5.91 Å². The van der Waals surface area contributed by atoms with Crippen LogP contribution in [-0.2, 0) is 22.4 Å². The maximum atomic E-state index is 13.5. The number of hydrogen-bond donors (Lipinski definition) is 4. The van der Waals surface area contributed by atoms with Gasteiger partial charge in [0, 0.05) is 56.8 Å². The Kier molecular flexibility index (Phi) is 10.5. The maximum absolute atomic E-state index is 13.5. The number of aliphatic carboxylic acids is 1. The molecule has 0 saturated carbocycles. The Morgan fingerprint density at radius 1 is 1.16 bits per heavy atom. The molecule has 43 heavy (non-hydrogen) atoms. The van der Waals surface area contributed by atoms with E-state index < -0.39 is 12.0 Å². The molecule has 0 aromatic carbocycles. The number of piperazine rings is 1. The van der Waals surface area contributed by atoms with Crippen LogP contribution < -0.4 is 27.7 Å². The van der Waals surface area contributed by atoms with E-state index in [1.165, 1.54) is 10.5 Å². The zero-order chi connectivity index (χ0) is 31.1. The summed E-state index contributed by atoms with van der Waals surface area (Å²) in [6.45, 7) is 6.23. The van der Waals surface area contributed by atoms with E-state index in [9.17, 15) is 19.5 Å². The highest BCUT2D eigenvalue weighted by molar-refractivity contribution is 7.09. The van der Waals surface area contributed by atoms with Crippen LogP contribution in [0.3, 0.4) is 0 Å². The number of carbonyl (C=O) groups excluding carboxylic acids is 1. The van der Waals surface area contributed by atoms with E-state index in [2.05, 4.69) is 24.2 Å². The lowest BCUT2D eigenvalue weighted by molar-refractivity contribution is -0.133. The third kappa shape index (κ3) is 8.17. The van der Waals surface area contributed by atoms with Crippen molar-refractivity contribution in [2.75, 3.05) is 37.6 Å². The summed E-state index contributed by atoms with van der Waals surface area (Å²) in [6.07, 6.45) is 6.44. The highest BCUT2D eigenvalue weighted by Gasteiger charge is 2.27. The van der Waals surface area contributed by atoms with Crippen molar-refractivity contribution in [1.29, 1.82) is 0 Å². The van der Waals surface area contributed by atoms with Crippen molar-refractivity contribution in [3.63, 3.8) is 0 Å². The summed E-state index contributed by atoms with van der Waals surface area (Å²) < 4.78 is 1.43. The number of carboxylic acid groups (broad SMARTS) is 1. The van der Waals surface area contributed by atoms with Crippen molar-refractivity contribution in [2.45, 2.75) is 51.5 Å². The van der Waals surface area contributed by atoms with Gasteiger partial charge in [-0.15, -0.1) is 11.3 Å². The Labute approximate surface area is 253 Å². The number of amides is 1. The molecule has 0 unspecified atom stereocenters. The molecule has 0 radical (unpaired) electrons. The fourth-order valence-electron chi connectivity index (χ4n) is 4.85. The van der Waals surface area contributed by atoms with Crippen molar-refractivity contribution in [3.05, 3.63) is 62.0 Å². The predicted octanol–water partition coefficient (Wildman–Crippen LogP) is 1.19. The molecule has 3 aromatic rings. The van der Waals surface area contributed by atoms with Gasteiger partial charge in [-0.3, -0.25) is 19.0 Å². The van der Waals surface area contributed by atoms with Crippen LogP contribution in [0.4, 0.5) is 5.82 Å². The highest BCUT2D eigenvalue weighted by Crippen LogP contribution is 2.22. The van der Waals surface area contributed by atoms with Crippen molar-refractivity contribution >= 4 is 46.7 Å². The van der Waals surface area contributed by atoms with E-state index >= 15 is 0 Å². The Morgan fingerprint density at radius 2 is 1.91 bits per heavy atom. The fraction of sp³-hybridized carbons (Fsp3) is 0.448. The van der Waals surface area contributed by atoms with Crippen molar-refractivity contribution in [2.24, 2.45) is 22.2 Å². The topological polar surface area (TPSA) is 199 Å². The number of pyridine rings is 1. The largest absolute Gasteiger partial charge is 0.478 e. The number of nitrogens with two attached hydrogens (primary N) is 3. The minimum Gasteiger partial charge on any atom is -0.478 e. The molecule has 1 amide bonds. The van der Waals surface area contributed by atoms with Crippen LogP contribution in [0.15, 0.2) is 39.6 Å². The first-order chi connectivity index (χ1) is 20.5. The van der Waals surface area contributed by atoms with E-state index in [0.717, 1.165) is 35.2 Å². The number of rotatable bonds is 12. The Hall–Kier alpha value is -4.30. The van der Waals surface area contributed by atoms with Crippen molar-refractivity contribution in [1.82, 2.24) is 19.3 Å². The normalized spacial score (nSPS) is 14.5. The molecule has 1 atom stereocenters. The zero-order valence-corrected chi connectivity index (χ0v) is 25.3. The van der Waals surface area contributed by atoms with Crippen LogP contribution >= 0.6 is 11.3 Å². The number of aliphatic imine (C=N–C) groups is 1. The van der Waals surface area contributed by atoms with Crippen LogP contribution in [0.25, 0.3) is 11.7 Å². The molecule has 1 aliphatic rings. The van der Waals surface area contributed by atoms with Crippen LogP contribution in [-0.4, -0.2) is 81.0 Å². The van der Waals surface area contributed by atoms with Gasteiger partial charge >= 0.3 is 5.97 Å². The zero-order valence-electron chi connectivity index (χ0n) is 24.5. The lowest BCUT2D eigenvalue weighted by Crippen LogP contribution is -2.53. The summed E-state index contributed by atoms with van der Waals surface area (Å²) >= 11 is 1.65. The summed E-state index contributed by atoms with van der Waals surface area (Å²) in [5.74, 6) is -0.564. The second-order valence-corrected chi connectivity index (χ2v) is 11.7. The van der Waals surface area contributed by atoms with E-state index in [1.54, 1.807) is 22.4 Å². The van der Waals surface area contributed by atoms with E-state index in [1.807, 2.05) is 17.0 Å². The highest BCUT2D eigenvalue weighted by atomic mass is 32.1. The van der Waals surface area contributed by atoms with Gasteiger partial charge in [0.1, 0.15) is 11.5 Å². The van der Waals surface area contributed by atoms with Gasteiger partial charge < -0.3 is 32.1 Å². The first kappa shape index (κ1) is 31.6. The van der Waals surface area contributed by atoms with Crippen LogP contribution in [0, 0.1) is 0 Å².